The molecule has 0 saturated carbocycles. The van der Waals surface area contributed by atoms with E-state index in [9.17, 15) is 43.5 Å². The Hall–Kier alpha value is -5.09. The van der Waals surface area contributed by atoms with Gasteiger partial charge in [0.1, 0.15) is 25.4 Å². The van der Waals surface area contributed by atoms with Gasteiger partial charge in [-0.05, 0) is 161 Å². The van der Waals surface area contributed by atoms with E-state index in [2.05, 4.69) is 191 Å². The number of ether oxygens (including phenoxy) is 3. The van der Waals surface area contributed by atoms with Gasteiger partial charge in [0.25, 0.3) is 0 Å². The molecule has 0 aliphatic rings. The maximum Gasteiger partial charge on any atom is 0.472 e. The van der Waals surface area contributed by atoms with Gasteiger partial charge in [0.2, 0.25) is 0 Å². The van der Waals surface area contributed by atoms with E-state index in [0.717, 1.165) is 173 Å². The van der Waals surface area contributed by atoms with Crippen LogP contribution in [0.3, 0.4) is 0 Å². The first-order valence-electron chi connectivity index (χ1n) is 44.4. The average molecular weight is 1620 g/mol. The Bertz CT molecular complexity index is 2730. The summed E-state index contributed by atoms with van der Waals surface area (Å²) in [6, 6.07) is 0. The Kier molecular flexibility index (Phi) is 82.4. The van der Waals surface area contributed by atoms with Gasteiger partial charge in [-0.2, -0.15) is 0 Å². The Balaban J connectivity index is 4.71. The summed E-state index contributed by atoms with van der Waals surface area (Å²) >= 11 is 0. The Morgan fingerprint density at radius 3 is 0.743 bits per heavy atom. The van der Waals surface area contributed by atoms with Crippen LogP contribution in [0.5, 0.6) is 0 Å². The maximum absolute atomic E-state index is 13.1. The van der Waals surface area contributed by atoms with E-state index in [4.69, 9.17) is 32.3 Å². The molecular weight excluding hydrogens is 1460 g/mol. The molecular formula is C95H160O16P2. The van der Waals surface area contributed by atoms with E-state index in [0.29, 0.717) is 19.3 Å². The van der Waals surface area contributed by atoms with Gasteiger partial charge >= 0.3 is 33.6 Å². The van der Waals surface area contributed by atoms with Gasteiger partial charge in [-0.1, -0.05) is 345 Å². The highest BCUT2D eigenvalue weighted by molar-refractivity contribution is 7.47. The van der Waals surface area contributed by atoms with Crippen LogP contribution in [0.1, 0.15) is 355 Å². The number of hydrogen-bond donors (Lipinski definition) is 4. The molecule has 16 nitrogen and oxygen atoms in total. The van der Waals surface area contributed by atoms with Crippen LogP contribution in [0.4, 0.5) is 0 Å². The summed E-state index contributed by atoms with van der Waals surface area (Å²) < 4.78 is 61.4. The van der Waals surface area contributed by atoms with Crippen molar-refractivity contribution in [2.45, 2.75) is 373 Å². The Morgan fingerprint density at radius 2 is 0.469 bits per heavy atom. The van der Waals surface area contributed by atoms with Gasteiger partial charge < -0.3 is 34.2 Å². The molecule has 4 N–H and O–H groups in total. The van der Waals surface area contributed by atoms with Crippen molar-refractivity contribution in [3.8, 4) is 0 Å². The van der Waals surface area contributed by atoms with Gasteiger partial charge in [0.05, 0.1) is 26.4 Å². The summed E-state index contributed by atoms with van der Waals surface area (Å²) in [6.07, 6.45) is 111. The van der Waals surface area contributed by atoms with Gasteiger partial charge in [0.15, 0.2) is 6.10 Å². The third-order valence-electron chi connectivity index (χ3n) is 18.4. The fourth-order valence-corrected chi connectivity index (χ4v) is 13.2. The topological polar surface area (TPSA) is 231 Å². The van der Waals surface area contributed by atoms with E-state index < -0.39 is 91.5 Å². The second-order valence-corrected chi connectivity index (χ2v) is 32.2. The molecule has 0 aromatic rings. The molecule has 0 amide bonds. The summed E-state index contributed by atoms with van der Waals surface area (Å²) in [4.78, 5) is 59.0. The highest BCUT2D eigenvalue weighted by Crippen LogP contribution is 2.45. The predicted octanol–water partition coefficient (Wildman–Crippen LogP) is 27.1. The number of allylic oxidation sites excluding steroid dienone is 28. The lowest BCUT2D eigenvalue weighted by atomic mass is 10.1. The van der Waals surface area contributed by atoms with Crippen molar-refractivity contribution in [3.05, 3.63) is 170 Å². The Labute approximate surface area is 688 Å². The van der Waals surface area contributed by atoms with E-state index in [-0.39, 0.29) is 19.3 Å². The number of esters is 3. The molecule has 646 valence electrons. The first kappa shape index (κ1) is 108. The van der Waals surface area contributed by atoms with E-state index in [1.54, 1.807) is 0 Å². The molecule has 0 saturated heterocycles. The quantitative estimate of drug-likeness (QED) is 0.0146. The molecule has 0 fully saturated rings. The summed E-state index contributed by atoms with van der Waals surface area (Å²) in [7, 11) is -9.82. The third kappa shape index (κ3) is 87.6. The standard InChI is InChI=1S/C95H160O16P2/c1-4-7-10-13-16-19-22-25-28-31-34-37-40-43-44-47-49-51-54-57-60-63-66-69-72-75-78-81-93(98)105-84-90(96)85-107-112(101,102)108-86-91(97)87-109-113(103,104)110-89-92(111-95(100)83-80-77-74-71-68-65-62-59-56-53-50-46-42-39-36-33-30-27-24-21-18-15-12-9-6-3)88-106-94(99)82-79-76-73-70-67-64-61-58-55-52-48-45-41-38-35-32-29-26-23-20-17-14-11-8-5-2/h7,10,16-21,25-30,34-39,43-46,48-51,90-92,96-97H,4-6,8-9,11-15,22-24,31-33,40-42,47,52-89H2,1-3H3,(H,101,102)(H,103,104)/b10-7-,19-16-,20-17-,21-18-,28-25-,29-26-,30-27-,37-34-,38-35-,39-36-,44-43-,48-45-,50-46-,51-49-. The molecule has 0 radical (unpaired) electrons. The molecule has 5 atom stereocenters. The lowest BCUT2D eigenvalue weighted by Gasteiger charge is -2.21. The second-order valence-electron chi connectivity index (χ2n) is 29.3. The fraction of sp³-hybridized carbons (Fsp3) is 0.674. The van der Waals surface area contributed by atoms with Crippen LogP contribution >= 0.6 is 15.6 Å². The highest BCUT2D eigenvalue weighted by Gasteiger charge is 2.29. The molecule has 0 aromatic carbocycles. The monoisotopic (exact) mass is 1620 g/mol. The zero-order chi connectivity index (χ0) is 82.2. The number of phosphoric ester groups is 2. The minimum atomic E-state index is -4.95. The van der Waals surface area contributed by atoms with Crippen molar-refractivity contribution in [2.75, 3.05) is 39.6 Å². The zero-order valence-electron chi connectivity index (χ0n) is 71.0. The summed E-state index contributed by atoms with van der Waals surface area (Å²) in [5.74, 6) is -1.59. The van der Waals surface area contributed by atoms with Crippen molar-refractivity contribution in [3.63, 3.8) is 0 Å². The van der Waals surface area contributed by atoms with Gasteiger partial charge in [-0.3, -0.25) is 32.5 Å². The Morgan fingerprint density at radius 1 is 0.257 bits per heavy atom. The molecule has 0 rings (SSSR count). The van der Waals surface area contributed by atoms with Gasteiger partial charge in [-0.25, -0.2) is 9.13 Å². The van der Waals surface area contributed by atoms with Crippen molar-refractivity contribution >= 4 is 33.6 Å². The van der Waals surface area contributed by atoms with Crippen LogP contribution in [-0.2, 0) is 55.8 Å². The van der Waals surface area contributed by atoms with Crippen molar-refractivity contribution < 1.29 is 75.8 Å². The van der Waals surface area contributed by atoms with Crippen LogP contribution in [-0.4, -0.2) is 95.9 Å². The third-order valence-corrected chi connectivity index (χ3v) is 20.3. The normalized spacial score (nSPS) is 14.6. The van der Waals surface area contributed by atoms with Crippen LogP contribution in [0.25, 0.3) is 0 Å². The van der Waals surface area contributed by atoms with Crippen LogP contribution in [0, 0.1) is 0 Å². The molecule has 113 heavy (non-hydrogen) atoms. The van der Waals surface area contributed by atoms with E-state index in [1.807, 2.05) is 0 Å². The number of aliphatic hydroxyl groups is 2. The first-order chi connectivity index (χ1) is 55.2. The van der Waals surface area contributed by atoms with Crippen LogP contribution in [0.15, 0.2) is 170 Å². The van der Waals surface area contributed by atoms with Gasteiger partial charge in [-0.15, -0.1) is 0 Å². The maximum atomic E-state index is 13.1. The molecule has 5 unspecified atom stereocenters. The van der Waals surface area contributed by atoms with Gasteiger partial charge in [0, 0.05) is 19.3 Å². The fourth-order valence-electron chi connectivity index (χ4n) is 11.7. The number of carbonyl (C=O) groups excluding carboxylic acids is 3. The minimum absolute atomic E-state index is 0.0910. The summed E-state index contributed by atoms with van der Waals surface area (Å²) in [6.45, 7) is 2.52. The molecule has 0 aliphatic heterocycles. The number of hydrogen-bond acceptors (Lipinski definition) is 14. The summed E-state index contributed by atoms with van der Waals surface area (Å²) in [5, 5.41) is 20.7. The molecule has 18 heteroatoms. The molecule has 0 bridgehead atoms. The highest BCUT2D eigenvalue weighted by atomic mass is 31.2. The molecule has 0 heterocycles. The van der Waals surface area contributed by atoms with Crippen LogP contribution < -0.4 is 0 Å². The van der Waals surface area contributed by atoms with Crippen LogP contribution in [0.2, 0.25) is 0 Å². The van der Waals surface area contributed by atoms with Crippen molar-refractivity contribution in [1.29, 1.82) is 0 Å². The second kappa shape index (κ2) is 86.3. The number of phosphoric acid groups is 2. The largest absolute Gasteiger partial charge is 0.472 e. The average Bonchev–Trinajstić information content (AvgIpc) is 0.897. The summed E-state index contributed by atoms with van der Waals surface area (Å²) in [5.41, 5.74) is 0. The molecule has 0 aliphatic carbocycles. The SMILES string of the molecule is CC/C=C\C/C=C\C/C=C\C/C=C\C/C=C\C/C=C\CCCCCCCCCCC(=O)OCC(O)COP(=O)(O)OCC(O)COP(=O)(O)OCC(COC(=O)CCCCCCCCCCC/C=C\C/C=C\C/C=C\C/C=C\CCCCC)OC(=O)CCCCCCCCCCC/C=C\C/C=C\C/C=C\C/C=C\CCCCC. The first-order valence-corrected chi connectivity index (χ1v) is 47.4. The van der Waals surface area contributed by atoms with Crippen molar-refractivity contribution in [1.82, 2.24) is 0 Å². The smallest absolute Gasteiger partial charge is 0.463 e. The number of aliphatic hydroxyl groups excluding tert-OH is 2. The molecule has 0 spiro atoms. The zero-order valence-corrected chi connectivity index (χ0v) is 72.8. The molecule has 0 aromatic heterocycles. The lowest BCUT2D eigenvalue weighted by molar-refractivity contribution is -0.161. The number of rotatable bonds is 83. The van der Waals surface area contributed by atoms with Crippen molar-refractivity contribution in [2.24, 2.45) is 0 Å². The number of unbranched alkanes of at least 4 members (excludes halogenated alkanes) is 32. The van der Waals surface area contributed by atoms with E-state index >= 15 is 0 Å². The van der Waals surface area contributed by atoms with E-state index in [1.165, 1.54) is 122 Å². The minimum Gasteiger partial charge on any atom is -0.463 e. The predicted molar refractivity (Wildman–Crippen MR) is 472 cm³/mol. The number of carbonyl (C=O) groups is 3. The lowest BCUT2D eigenvalue weighted by Crippen LogP contribution is -2.30.